The number of ether oxygens (including phenoxy) is 2. The minimum Gasteiger partial charge on any atom is -0.493 e. The van der Waals surface area contributed by atoms with Crippen LogP contribution in [0.3, 0.4) is 0 Å². The molecule has 0 fully saturated rings. The highest BCUT2D eigenvalue weighted by molar-refractivity contribution is 6.00. The van der Waals surface area contributed by atoms with Gasteiger partial charge < -0.3 is 25.8 Å². The molecule has 0 heterocycles. The number of benzene rings is 1. The molecule has 0 aliphatic heterocycles. The van der Waals surface area contributed by atoms with E-state index in [4.69, 9.17) is 15.2 Å². The molecule has 1 aromatic rings. The summed E-state index contributed by atoms with van der Waals surface area (Å²) in [6.45, 7) is 2.63. The quantitative estimate of drug-likeness (QED) is 0.637. The largest absolute Gasteiger partial charge is 0.493 e. The maximum atomic E-state index is 12.1. The average Bonchev–Trinajstić information content (AvgIpc) is 2.46. The van der Waals surface area contributed by atoms with Crippen LogP contribution in [0.25, 0.3) is 0 Å². The van der Waals surface area contributed by atoms with Crippen LogP contribution in [0.15, 0.2) is 12.1 Å². The molecule has 2 amide bonds. The standard InChI is InChI=1S/C14H21N3O4/c1-4-16-13(18)5-6-17-14(19)9-7-11(20-2)12(21-3)8-10(9)15/h7-8H,4-6,15H2,1-3H3,(H,16,18)(H,17,19). The van der Waals surface area contributed by atoms with Gasteiger partial charge in [-0.1, -0.05) is 0 Å². The number of nitrogen functional groups attached to an aromatic ring is 1. The van der Waals surface area contributed by atoms with Crippen LogP contribution in [-0.2, 0) is 4.79 Å². The van der Waals surface area contributed by atoms with E-state index in [2.05, 4.69) is 10.6 Å². The summed E-state index contributed by atoms with van der Waals surface area (Å²) in [6, 6.07) is 3.03. The molecule has 0 saturated heterocycles. The maximum Gasteiger partial charge on any atom is 0.253 e. The molecule has 0 atom stereocenters. The molecule has 0 aliphatic rings. The predicted molar refractivity (Wildman–Crippen MR) is 79.6 cm³/mol. The summed E-state index contributed by atoms with van der Waals surface area (Å²) in [5.74, 6) is 0.394. The van der Waals surface area contributed by atoms with Crippen molar-refractivity contribution in [1.29, 1.82) is 0 Å². The third-order valence-corrected chi connectivity index (χ3v) is 2.81. The summed E-state index contributed by atoms with van der Waals surface area (Å²) in [6.07, 6.45) is 0.215. The Kier molecular flexibility index (Phi) is 6.32. The van der Waals surface area contributed by atoms with E-state index in [9.17, 15) is 9.59 Å². The molecule has 0 saturated carbocycles. The topological polar surface area (TPSA) is 103 Å². The number of hydrogen-bond donors (Lipinski definition) is 3. The molecule has 7 nitrogen and oxygen atoms in total. The lowest BCUT2D eigenvalue weighted by molar-refractivity contribution is -0.120. The number of nitrogens with one attached hydrogen (secondary N) is 2. The highest BCUT2D eigenvalue weighted by atomic mass is 16.5. The molecular weight excluding hydrogens is 274 g/mol. The minimum absolute atomic E-state index is 0.113. The van der Waals surface area contributed by atoms with Crippen LogP contribution in [0.2, 0.25) is 0 Å². The Balaban J connectivity index is 2.72. The van der Waals surface area contributed by atoms with E-state index in [1.165, 1.54) is 26.4 Å². The molecule has 21 heavy (non-hydrogen) atoms. The van der Waals surface area contributed by atoms with E-state index < -0.39 is 0 Å². The second-order valence-electron chi connectivity index (χ2n) is 4.25. The highest BCUT2D eigenvalue weighted by Crippen LogP contribution is 2.31. The van der Waals surface area contributed by atoms with E-state index in [0.717, 1.165) is 0 Å². The summed E-state index contributed by atoms with van der Waals surface area (Å²) >= 11 is 0. The zero-order valence-corrected chi connectivity index (χ0v) is 12.5. The van der Waals surface area contributed by atoms with Crippen molar-refractivity contribution in [2.24, 2.45) is 0 Å². The Morgan fingerprint density at radius 2 is 1.76 bits per heavy atom. The molecule has 116 valence electrons. The van der Waals surface area contributed by atoms with Gasteiger partial charge in [0.2, 0.25) is 5.91 Å². The molecule has 0 bridgehead atoms. The van der Waals surface area contributed by atoms with Gasteiger partial charge in [0, 0.05) is 31.3 Å². The number of amides is 2. The van der Waals surface area contributed by atoms with Gasteiger partial charge in [-0.25, -0.2) is 0 Å². The summed E-state index contributed by atoms with van der Waals surface area (Å²) in [4.78, 5) is 23.3. The SMILES string of the molecule is CCNC(=O)CCNC(=O)c1cc(OC)c(OC)cc1N. The number of rotatable bonds is 7. The predicted octanol–water partition coefficient (Wildman–Crippen LogP) is 0.542. The first-order valence-electron chi connectivity index (χ1n) is 6.59. The molecular formula is C14H21N3O4. The first-order chi connectivity index (χ1) is 10.0. The molecule has 7 heteroatoms. The van der Waals surface area contributed by atoms with Crippen molar-refractivity contribution in [3.63, 3.8) is 0 Å². The van der Waals surface area contributed by atoms with Crippen LogP contribution < -0.4 is 25.8 Å². The lowest BCUT2D eigenvalue weighted by Gasteiger charge is -2.12. The van der Waals surface area contributed by atoms with Crippen LogP contribution in [0.4, 0.5) is 5.69 Å². The number of anilines is 1. The Morgan fingerprint density at radius 1 is 1.14 bits per heavy atom. The number of nitrogens with two attached hydrogens (primary N) is 1. The fourth-order valence-electron chi connectivity index (χ4n) is 1.76. The summed E-state index contributed by atoms with van der Waals surface area (Å²) in [5, 5.41) is 5.29. The van der Waals surface area contributed by atoms with E-state index in [0.29, 0.717) is 18.0 Å². The second-order valence-corrected chi connectivity index (χ2v) is 4.25. The summed E-state index contributed by atoms with van der Waals surface area (Å²) in [7, 11) is 2.97. The monoisotopic (exact) mass is 295 g/mol. The van der Waals surface area contributed by atoms with Gasteiger partial charge in [0.05, 0.1) is 19.8 Å². The van der Waals surface area contributed by atoms with Crippen LogP contribution in [0.5, 0.6) is 11.5 Å². The normalized spacial score (nSPS) is 9.86. The number of methoxy groups -OCH3 is 2. The van der Waals surface area contributed by atoms with Gasteiger partial charge in [-0.05, 0) is 13.0 Å². The first kappa shape index (κ1) is 16.6. The third kappa shape index (κ3) is 4.55. The Labute approximate surface area is 123 Å². The smallest absolute Gasteiger partial charge is 0.253 e. The number of carbonyl (C=O) groups excluding carboxylic acids is 2. The van der Waals surface area contributed by atoms with Crippen molar-refractivity contribution < 1.29 is 19.1 Å². The first-order valence-corrected chi connectivity index (χ1v) is 6.59. The lowest BCUT2D eigenvalue weighted by Crippen LogP contribution is -2.31. The van der Waals surface area contributed by atoms with Crippen molar-refractivity contribution in [2.45, 2.75) is 13.3 Å². The van der Waals surface area contributed by atoms with Gasteiger partial charge in [-0.15, -0.1) is 0 Å². The van der Waals surface area contributed by atoms with Crippen molar-refractivity contribution >= 4 is 17.5 Å². The average molecular weight is 295 g/mol. The van der Waals surface area contributed by atoms with E-state index in [-0.39, 0.29) is 36.0 Å². The van der Waals surface area contributed by atoms with Gasteiger partial charge in [0.1, 0.15) is 0 Å². The van der Waals surface area contributed by atoms with Crippen LogP contribution in [0.1, 0.15) is 23.7 Å². The maximum absolute atomic E-state index is 12.1. The van der Waals surface area contributed by atoms with Crippen LogP contribution in [-0.4, -0.2) is 39.1 Å². The van der Waals surface area contributed by atoms with Crippen molar-refractivity contribution in [2.75, 3.05) is 33.0 Å². The molecule has 0 radical (unpaired) electrons. The van der Waals surface area contributed by atoms with Crippen molar-refractivity contribution in [1.82, 2.24) is 10.6 Å². The van der Waals surface area contributed by atoms with Crippen LogP contribution >= 0.6 is 0 Å². The van der Waals surface area contributed by atoms with Gasteiger partial charge >= 0.3 is 0 Å². The van der Waals surface area contributed by atoms with E-state index in [1.54, 1.807) is 0 Å². The second kappa shape index (κ2) is 7.98. The van der Waals surface area contributed by atoms with Gasteiger partial charge in [-0.2, -0.15) is 0 Å². The molecule has 0 unspecified atom stereocenters. The number of hydrogen-bond acceptors (Lipinski definition) is 5. The molecule has 1 rings (SSSR count). The third-order valence-electron chi connectivity index (χ3n) is 2.81. The molecule has 1 aromatic carbocycles. The van der Waals surface area contributed by atoms with Crippen molar-refractivity contribution in [3.05, 3.63) is 17.7 Å². The zero-order valence-electron chi connectivity index (χ0n) is 12.5. The molecule has 0 spiro atoms. The fourth-order valence-corrected chi connectivity index (χ4v) is 1.76. The van der Waals surface area contributed by atoms with Gasteiger partial charge in [0.15, 0.2) is 11.5 Å². The van der Waals surface area contributed by atoms with Gasteiger partial charge in [-0.3, -0.25) is 9.59 Å². The fraction of sp³-hybridized carbons (Fsp3) is 0.429. The zero-order chi connectivity index (χ0) is 15.8. The highest BCUT2D eigenvalue weighted by Gasteiger charge is 2.15. The van der Waals surface area contributed by atoms with Crippen molar-refractivity contribution in [3.8, 4) is 11.5 Å². The van der Waals surface area contributed by atoms with Crippen LogP contribution in [0, 0.1) is 0 Å². The summed E-state index contributed by atoms with van der Waals surface area (Å²) < 4.78 is 10.2. The van der Waals surface area contributed by atoms with E-state index >= 15 is 0 Å². The Bertz CT molecular complexity index is 517. The molecule has 0 aromatic heterocycles. The Hall–Kier alpha value is -2.44. The minimum atomic E-state index is -0.363. The van der Waals surface area contributed by atoms with Gasteiger partial charge in [0.25, 0.3) is 5.91 Å². The number of carbonyl (C=O) groups is 2. The lowest BCUT2D eigenvalue weighted by atomic mass is 10.1. The molecule has 4 N–H and O–H groups in total. The Morgan fingerprint density at radius 3 is 2.33 bits per heavy atom. The molecule has 0 aliphatic carbocycles. The van der Waals surface area contributed by atoms with E-state index in [1.807, 2.05) is 6.92 Å². The summed E-state index contributed by atoms with van der Waals surface area (Å²) in [5.41, 5.74) is 6.39.